The molecule has 162 valence electrons. The van der Waals surface area contributed by atoms with Crippen LogP contribution in [-0.4, -0.2) is 63.6 Å². The highest BCUT2D eigenvalue weighted by Crippen LogP contribution is 2.15. The second-order valence-corrected chi connectivity index (χ2v) is 6.83. The smallest absolute Gasteiger partial charge is 0.242 e. The third-order valence-electron chi connectivity index (χ3n) is 5.00. The number of nitrogens with zero attached hydrogens (tertiary/aromatic N) is 3. The van der Waals surface area contributed by atoms with E-state index in [0.717, 1.165) is 37.5 Å². The molecule has 7 nitrogen and oxygen atoms in total. The van der Waals surface area contributed by atoms with Crippen LogP contribution in [0.15, 0.2) is 59.6 Å². The molecule has 0 unspecified atom stereocenters. The number of benzene rings is 2. The molecule has 0 aromatic heterocycles. The van der Waals surface area contributed by atoms with Gasteiger partial charge in [-0.25, -0.2) is 0 Å². The zero-order chi connectivity index (χ0) is 20.5. The minimum atomic E-state index is 0. The van der Waals surface area contributed by atoms with Gasteiger partial charge >= 0.3 is 0 Å². The molecule has 0 spiro atoms. The predicted octanol–water partition coefficient (Wildman–Crippen LogP) is 2.33. The van der Waals surface area contributed by atoms with Gasteiger partial charge in [0.2, 0.25) is 5.91 Å². The van der Waals surface area contributed by atoms with Crippen molar-refractivity contribution in [2.24, 2.45) is 4.99 Å². The monoisotopic (exact) mass is 523 g/mol. The Bertz CT molecular complexity index is 806. The van der Waals surface area contributed by atoms with Crippen LogP contribution in [0.4, 0.5) is 5.69 Å². The molecule has 1 saturated heterocycles. The number of nitrogens with one attached hydrogen (secondary N) is 2. The maximum Gasteiger partial charge on any atom is 0.242 e. The standard InChI is InChI=1S/C22H29N5O2.HI/c1-23-22(24-16-18-8-10-20(29-2)11-9-18)25-17-21(28)27-14-12-26(13-15-27)19-6-4-3-5-7-19;/h3-11H,12-17H2,1-2H3,(H2,23,24,25);1H. The summed E-state index contributed by atoms with van der Waals surface area (Å²) in [6, 6.07) is 18.2. The van der Waals surface area contributed by atoms with E-state index in [0.29, 0.717) is 12.5 Å². The van der Waals surface area contributed by atoms with Crippen LogP contribution >= 0.6 is 24.0 Å². The van der Waals surface area contributed by atoms with Crippen LogP contribution in [-0.2, 0) is 11.3 Å². The van der Waals surface area contributed by atoms with Crippen LogP contribution < -0.4 is 20.3 Å². The van der Waals surface area contributed by atoms with Crippen molar-refractivity contribution in [3.63, 3.8) is 0 Å². The van der Waals surface area contributed by atoms with Gasteiger partial charge in [-0.2, -0.15) is 0 Å². The number of hydrogen-bond donors (Lipinski definition) is 2. The summed E-state index contributed by atoms with van der Waals surface area (Å²) in [5, 5.41) is 6.34. The summed E-state index contributed by atoms with van der Waals surface area (Å²) < 4.78 is 5.17. The lowest BCUT2D eigenvalue weighted by Gasteiger charge is -2.36. The van der Waals surface area contributed by atoms with Crippen molar-refractivity contribution in [2.75, 3.05) is 51.8 Å². The number of carbonyl (C=O) groups excluding carboxylic acids is 1. The van der Waals surface area contributed by atoms with Crippen LogP contribution in [0, 0.1) is 0 Å². The van der Waals surface area contributed by atoms with Crippen molar-refractivity contribution in [1.82, 2.24) is 15.5 Å². The molecule has 1 aliphatic heterocycles. The molecule has 0 bridgehead atoms. The Balaban J connectivity index is 0.00000320. The Labute approximate surface area is 195 Å². The summed E-state index contributed by atoms with van der Waals surface area (Å²) in [5.41, 5.74) is 2.32. The first-order valence-corrected chi connectivity index (χ1v) is 9.85. The summed E-state index contributed by atoms with van der Waals surface area (Å²) >= 11 is 0. The van der Waals surface area contributed by atoms with E-state index in [9.17, 15) is 4.79 Å². The topological polar surface area (TPSA) is 69.2 Å². The van der Waals surface area contributed by atoms with E-state index < -0.39 is 0 Å². The fraction of sp³-hybridized carbons (Fsp3) is 0.364. The molecule has 1 amide bonds. The summed E-state index contributed by atoms with van der Waals surface area (Å²) in [7, 11) is 3.35. The van der Waals surface area contributed by atoms with Crippen LogP contribution in [0.3, 0.4) is 0 Å². The number of rotatable bonds is 6. The van der Waals surface area contributed by atoms with Gasteiger partial charge in [0.05, 0.1) is 13.7 Å². The van der Waals surface area contributed by atoms with Gasteiger partial charge in [-0.15, -0.1) is 24.0 Å². The highest BCUT2D eigenvalue weighted by molar-refractivity contribution is 14.0. The Morgan fingerprint density at radius 2 is 1.67 bits per heavy atom. The largest absolute Gasteiger partial charge is 0.497 e. The first kappa shape index (κ1) is 23.8. The van der Waals surface area contributed by atoms with Crippen molar-refractivity contribution >= 4 is 41.5 Å². The number of hydrogen-bond acceptors (Lipinski definition) is 4. The van der Waals surface area contributed by atoms with Crippen molar-refractivity contribution in [3.05, 3.63) is 60.2 Å². The van der Waals surface area contributed by atoms with Crippen molar-refractivity contribution in [1.29, 1.82) is 0 Å². The number of halogens is 1. The van der Waals surface area contributed by atoms with E-state index in [-0.39, 0.29) is 36.4 Å². The molecular formula is C22H30IN5O2. The minimum Gasteiger partial charge on any atom is -0.497 e. The average Bonchev–Trinajstić information content (AvgIpc) is 2.80. The molecule has 2 aromatic carbocycles. The van der Waals surface area contributed by atoms with Gasteiger partial charge in [0.25, 0.3) is 0 Å². The van der Waals surface area contributed by atoms with Gasteiger partial charge in [0.15, 0.2) is 5.96 Å². The number of amides is 1. The van der Waals surface area contributed by atoms with E-state index in [4.69, 9.17) is 4.74 Å². The fourth-order valence-corrected chi connectivity index (χ4v) is 3.27. The second-order valence-electron chi connectivity index (χ2n) is 6.83. The summed E-state index contributed by atoms with van der Waals surface area (Å²) in [4.78, 5) is 21.0. The number of para-hydroxylation sites is 1. The van der Waals surface area contributed by atoms with E-state index >= 15 is 0 Å². The molecule has 3 rings (SSSR count). The van der Waals surface area contributed by atoms with E-state index in [1.807, 2.05) is 47.4 Å². The van der Waals surface area contributed by atoms with E-state index in [1.165, 1.54) is 5.69 Å². The molecule has 30 heavy (non-hydrogen) atoms. The molecule has 0 saturated carbocycles. The zero-order valence-electron chi connectivity index (χ0n) is 17.5. The normalized spacial score (nSPS) is 14.0. The van der Waals surface area contributed by atoms with Crippen LogP contribution in [0.25, 0.3) is 0 Å². The number of ether oxygens (including phenoxy) is 1. The number of piperazine rings is 1. The van der Waals surface area contributed by atoms with E-state index in [2.05, 4.69) is 32.7 Å². The average molecular weight is 523 g/mol. The quantitative estimate of drug-likeness (QED) is 0.346. The number of guanidine groups is 1. The van der Waals surface area contributed by atoms with Crippen molar-refractivity contribution in [2.45, 2.75) is 6.54 Å². The minimum absolute atomic E-state index is 0. The third-order valence-corrected chi connectivity index (χ3v) is 5.00. The molecule has 1 heterocycles. The molecule has 1 fully saturated rings. The Morgan fingerprint density at radius 3 is 2.27 bits per heavy atom. The summed E-state index contributed by atoms with van der Waals surface area (Å²) in [5.74, 6) is 1.52. The Hall–Kier alpha value is -2.49. The predicted molar refractivity (Wildman–Crippen MR) is 132 cm³/mol. The molecule has 1 aliphatic rings. The third kappa shape index (κ3) is 6.79. The van der Waals surface area contributed by atoms with Crippen LogP contribution in [0.1, 0.15) is 5.56 Å². The van der Waals surface area contributed by atoms with Gasteiger partial charge in [-0.3, -0.25) is 9.79 Å². The van der Waals surface area contributed by atoms with E-state index in [1.54, 1.807) is 14.2 Å². The van der Waals surface area contributed by atoms with Crippen molar-refractivity contribution < 1.29 is 9.53 Å². The highest BCUT2D eigenvalue weighted by Gasteiger charge is 2.21. The summed E-state index contributed by atoms with van der Waals surface area (Å²) in [6.45, 7) is 4.00. The number of carbonyl (C=O) groups is 1. The lowest BCUT2D eigenvalue weighted by molar-refractivity contribution is -0.130. The molecular weight excluding hydrogens is 493 g/mol. The van der Waals surface area contributed by atoms with Crippen LogP contribution in [0.5, 0.6) is 5.75 Å². The van der Waals surface area contributed by atoms with Gasteiger partial charge in [-0.1, -0.05) is 30.3 Å². The Kier molecular flexibility index (Phi) is 9.72. The molecule has 0 aliphatic carbocycles. The van der Waals surface area contributed by atoms with Crippen molar-refractivity contribution in [3.8, 4) is 5.75 Å². The van der Waals surface area contributed by atoms with Gasteiger partial charge in [0, 0.05) is 45.5 Å². The molecule has 2 aromatic rings. The number of anilines is 1. The first-order valence-electron chi connectivity index (χ1n) is 9.85. The Morgan fingerprint density at radius 1 is 1.00 bits per heavy atom. The summed E-state index contributed by atoms with van der Waals surface area (Å²) in [6.07, 6.45) is 0. The number of aliphatic imine (C=N–C) groups is 1. The first-order chi connectivity index (χ1) is 14.2. The highest BCUT2D eigenvalue weighted by atomic mass is 127. The lowest BCUT2D eigenvalue weighted by Crippen LogP contribution is -2.52. The molecule has 8 heteroatoms. The fourth-order valence-electron chi connectivity index (χ4n) is 3.27. The van der Waals surface area contributed by atoms with Gasteiger partial charge < -0.3 is 25.2 Å². The maximum absolute atomic E-state index is 12.6. The lowest BCUT2D eigenvalue weighted by atomic mass is 10.2. The number of methoxy groups -OCH3 is 1. The van der Waals surface area contributed by atoms with Gasteiger partial charge in [0.1, 0.15) is 5.75 Å². The maximum atomic E-state index is 12.6. The SMILES string of the molecule is CN=C(NCC(=O)N1CCN(c2ccccc2)CC1)NCc1ccc(OC)cc1.I. The second kappa shape index (κ2) is 12.3. The van der Waals surface area contributed by atoms with Gasteiger partial charge in [-0.05, 0) is 29.8 Å². The molecule has 0 atom stereocenters. The van der Waals surface area contributed by atoms with Crippen LogP contribution in [0.2, 0.25) is 0 Å². The molecule has 0 radical (unpaired) electrons. The zero-order valence-corrected chi connectivity index (χ0v) is 19.8. The molecule has 2 N–H and O–H groups in total.